The van der Waals surface area contributed by atoms with Gasteiger partial charge in [-0.25, -0.2) is 0 Å². The summed E-state index contributed by atoms with van der Waals surface area (Å²) in [7, 11) is 0. The van der Waals surface area contributed by atoms with Gasteiger partial charge in [-0.15, -0.1) is 0 Å². The van der Waals surface area contributed by atoms with E-state index in [0.717, 1.165) is 0 Å². The molecule has 1 unspecified atom stereocenters. The van der Waals surface area contributed by atoms with Gasteiger partial charge in [-0.3, -0.25) is 9.59 Å². The van der Waals surface area contributed by atoms with Crippen LogP contribution in [-0.2, 0) is 14.3 Å². The SMILES string of the molecule is CC(=O)OCC(=O)NCC(C)O. The maximum Gasteiger partial charge on any atom is 0.303 e. The Morgan fingerprint density at radius 2 is 2.17 bits per heavy atom. The number of nitrogens with one attached hydrogen (secondary N) is 1. The molecular formula is C7H13NO4. The quantitative estimate of drug-likeness (QED) is 0.540. The molecule has 0 saturated carbocycles. The number of aliphatic hydroxyl groups excluding tert-OH is 1. The molecule has 1 amide bonds. The fraction of sp³-hybridized carbons (Fsp3) is 0.714. The van der Waals surface area contributed by atoms with Crippen molar-refractivity contribution in [2.45, 2.75) is 20.0 Å². The topological polar surface area (TPSA) is 75.6 Å². The lowest BCUT2D eigenvalue weighted by atomic mass is 10.4. The molecule has 0 aliphatic rings. The third-order valence-corrected chi connectivity index (χ3v) is 1.00. The van der Waals surface area contributed by atoms with E-state index in [1.807, 2.05) is 0 Å². The van der Waals surface area contributed by atoms with E-state index in [0.29, 0.717) is 0 Å². The minimum Gasteiger partial charge on any atom is -0.456 e. The summed E-state index contributed by atoms with van der Waals surface area (Å²) in [6.45, 7) is 2.65. The summed E-state index contributed by atoms with van der Waals surface area (Å²) in [6, 6.07) is 0. The molecule has 5 nitrogen and oxygen atoms in total. The number of ether oxygens (including phenoxy) is 1. The number of carbonyl (C=O) groups excluding carboxylic acids is 2. The molecule has 12 heavy (non-hydrogen) atoms. The first-order valence-electron chi connectivity index (χ1n) is 3.60. The predicted molar refractivity (Wildman–Crippen MR) is 41.3 cm³/mol. The first kappa shape index (κ1) is 10.9. The number of esters is 1. The molecule has 0 aromatic carbocycles. The molecule has 0 spiro atoms. The third-order valence-electron chi connectivity index (χ3n) is 1.00. The Morgan fingerprint density at radius 1 is 1.58 bits per heavy atom. The van der Waals surface area contributed by atoms with E-state index in [9.17, 15) is 9.59 Å². The Balaban J connectivity index is 3.40. The summed E-state index contributed by atoms with van der Waals surface area (Å²) in [6.07, 6.45) is -0.591. The molecule has 0 fully saturated rings. The summed E-state index contributed by atoms with van der Waals surface area (Å²) in [5.74, 6) is -0.909. The van der Waals surface area contributed by atoms with Crippen LogP contribution in [0.4, 0.5) is 0 Å². The molecule has 0 aliphatic carbocycles. The Morgan fingerprint density at radius 3 is 2.58 bits per heavy atom. The van der Waals surface area contributed by atoms with Crippen LogP contribution >= 0.6 is 0 Å². The van der Waals surface area contributed by atoms with Gasteiger partial charge in [0.15, 0.2) is 6.61 Å². The molecule has 2 N–H and O–H groups in total. The van der Waals surface area contributed by atoms with Crippen molar-refractivity contribution in [3.05, 3.63) is 0 Å². The van der Waals surface area contributed by atoms with Crippen LogP contribution in [0.25, 0.3) is 0 Å². The van der Waals surface area contributed by atoms with E-state index < -0.39 is 18.0 Å². The second-order valence-electron chi connectivity index (χ2n) is 2.43. The summed E-state index contributed by atoms with van der Waals surface area (Å²) >= 11 is 0. The number of rotatable bonds is 4. The van der Waals surface area contributed by atoms with Crippen LogP contribution in [0.15, 0.2) is 0 Å². The summed E-state index contributed by atoms with van der Waals surface area (Å²) in [5.41, 5.74) is 0. The molecule has 0 aliphatic heterocycles. The average molecular weight is 175 g/mol. The van der Waals surface area contributed by atoms with Gasteiger partial charge >= 0.3 is 5.97 Å². The lowest BCUT2D eigenvalue weighted by Gasteiger charge is -2.06. The van der Waals surface area contributed by atoms with E-state index in [4.69, 9.17) is 5.11 Å². The molecule has 0 aromatic rings. The van der Waals surface area contributed by atoms with Crippen molar-refractivity contribution in [2.75, 3.05) is 13.2 Å². The van der Waals surface area contributed by atoms with Crippen LogP contribution < -0.4 is 5.32 Å². The van der Waals surface area contributed by atoms with Gasteiger partial charge in [0.25, 0.3) is 5.91 Å². The molecule has 70 valence electrons. The fourth-order valence-electron chi connectivity index (χ4n) is 0.480. The van der Waals surface area contributed by atoms with Gasteiger partial charge in [-0.05, 0) is 6.92 Å². The lowest BCUT2D eigenvalue weighted by molar-refractivity contribution is -0.146. The van der Waals surface area contributed by atoms with Crippen LogP contribution in [-0.4, -0.2) is 36.2 Å². The normalized spacial score (nSPS) is 11.9. The van der Waals surface area contributed by atoms with E-state index in [2.05, 4.69) is 10.1 Å². The number of amides is 1. The van der Waals surface area contributed by atoms with Gasteiger partial charge in [0.05, 0.1) is 6.10 Å². The van der Waals surface area contributed by atoms with Crippen molar-refractivity contribution in [1.29, 1.82) is 0 Å². The summed E-state index contributed by atoms with van der Waals surface area (Å²) in [5, 5.41) is 11.1. The van der Waals surface area contributed by atoms with Crippen molar-refractivity contribution in [1.82, 2.24) is 5.32 Å². The number of hydrogen-bond donors (Lipinski definition) is 2. The van der Waals surface area contributed by atoms with Crippen LogP contribution in [0.2, 0.25) is 0 Å². The highest BCUT2D eigenvalue weighted by atomic mass is 16.5. The van der Waals surface area contributed by atoms with Gasteiger partial charge in [0.1, 0.15) is 0 Å². The highest BCUT2D eigenvalue weighted by Crippen LogP contribution is 1.78. The van der Waals surface area contributed by atoms with E-state index in [1.165, 1.54) is 6.92 Å². The maximum absolute atomic E-state index is 10.8. The highest BCUT2D eigenvalue weighted by Gasteiger charge is 2.03. The van der Waals surface area contributed by atoms with Crippen LogP contribution in [0.1, 0.15) is 13.8 Å². The second-order valence-corrected chi connectivity index (χ2v) is 2.43. The molecule has 1 atom stereocenters. The van der Waals surface area contributed by atoms with Crippen molar-refractivity contribution in [3.63, 3.8) is 0 Å². The highest BCUT2D eigenvalue weighted by molar-refractivity contribution is 5.79. The Kier molecular flexibility index (Phi) is 5.03. The molecule has 0 aromatic heterocycles. The molecule has 0 radical (unpaired) electrons. The zero-order chi connectivity index (χ0) is 9.56. The predicted octanol–water partition coefficient (Wildman–Crippen LogP) is -0.953. The molecule has 0 bridgehead atoms. The first-order valence-corrected chi connectivity index (χ1v) is 3.60. The standard InChI is InChI=1S/C7H13NO4/c1-5(9)3-8-7(11)4-12-6(2)10/h5,9H,3-4H2,1-2H3,(H,8,11). The van der Waals surface area contributed by atoms with Crippen LogP contribution in [0.5, 0.6) is 0 Å². The largest absolute Gasteiger partial charge is 0.456 e. The smallest absolute Gasteiger partial charge is 0.303 e. The molecule has 0 saturated heterocycles. The molecule has 0 rings (SSSR count). The Bertz CT molecular complexity index is 167. The van der Waals surface area contributed by atoms with Crippen molar-refractivity contribution < 1.29 is 19.4 Å². The Hall–Kier alpha value is -1.10. The first-order chi connectivity index (χ1) is 5.52. The zero-order valence-electron chi connectivity index (χ0n) is 7.16. The number of hydrogen-bond acceptors (Lipinski definition) is 4. The van der Waals surface area contributed by atoms with Gasteiger partial charge in [0, 0.05) is 13.5 Å². The fourth-order valence-corrected chi connectivity index (χ4v) is 0.480. The second kappa shape index (κ2) is 5.54. The van der Waals surface area contributed by atoms with E-state index >= 15 is 0 Å². The molecule has 5 heteroatoms. The van der Waals surface area contributed by atoms with E-state index in [1.54, 1.807) is 6.92 Å². The summed E-state index contributed by atoms with van der Waals surface area (Å²) < 4.78 is 4.40. The monoisotopic (exact) mass is 175 g/mol. The lowest BCUT2D eigenvalue weighted by Crippen LogP contribution is -2.33. The zero-order valence-corrected chi connectivity index (χ0v) is 7.16. The van der Waals surface area contributed by atoms with Crippen molar-refractivity contribution >= 4 is 11.9 Å². The molecule has 0 heterocycles. The minimum absolute atomic E-state index is 0.167. The average Bonchev–Trinajstić information content (AvgIpc) is 1.96. The van der Waals surface area contributed by atoms with Gasteiger partial charge in [-0.1, -0.05) is 0 Å². The number of carbonyl (C=O) groups is 2. The van der Waals surface area contributed by atoms with E-state index in [-0.39, 0.29) is 13.2 Å². The number of aliphatic hydroxyl groups is 1. The maximum atomic E-state index is 10.8. The molecular weight excluding hydrogens is 162 g/mol. The van der Waals surface area contributed by atoms with Crippen LogP contribution in [0.3, 0.4) is 0 Å². The summed E-state index contributed by atoms with van der Waals surface area (Å²) in [4.78, 5) is 21.0. The van der Waals surface area contributed by atoms with Crippen molar-refractivity contribution in [2.24, 2.45) is 0 Å². The van der Waals surface area contributed by atoms with Gasteiger partial charge in [-0.2, -0.15) is 0 Å². The van der Waals surface area contributed by atoms with Crippen molar-refractivity contribution in [3.8, 4) is 0 Å². The minimum atomic E-state index is -0.591. The Labute approximate surface area is 70.7 Å². The van der Waals surface area contributed by atoms with Gasteiger partial charge in [0.2, 0.25) is 0 Å². The van der Waals surface area contributed by atoms with Gasteiger partial charge < -0.3 is 15.2 Å². The third kappa shape index (κ3) is 7.01. The van der Waals surface area contributed by atoms with Crippen LogP contribution in [0, 0.1) is 0 Å².